The Kier molecular flexibility index (Phi) is 6.11. The van der Waals surface area contributed by atoms with Crippen molar-refractivity contribution in [3.8, 4) is 17.0 Å². The van der Waals surface area contributed by atoms with E-state index < -0.39 is 23.5 Å². The molecule has 1 atom stereocenters. The maximum absolute atomic E-state index is 12.1. The summed E-state index contributed by atoms with van der Waals surface area (Å²) < 4.78 is 6.11. The molecule has 8 nitrogen and oxygen atoms in total. The Labute approximate surface area is 150 Å². The average Bonchev–Trinajstić information content (AvgIpc) is 2.61. The predicted molar refractivity (Wildman–Crippen MR) is 94.9 cm³/mol. The molecule has 0 saturated carbocycles. The van der Waals surface area contributed by atoms with Gasteiger partial charge in [0, 0.05) is 11.6 Å². The summed E-state index contributed by atoms with van der Waals surface area (Å²) in [4.78, 5) is 35.3. The van der Waals surface area contributed by atoms with Crippen LogP contribution in [0.25, 0.3) is 11.3 Å². The summed E-state index contributed by atoms with van der Waals surface area (Å²) in [6.07, 6.45) is 0. The Morgan fingerprint density at radius 2 is 1.85 bits per heavy atom. The minimum atomic E-state index is -1.12. The lowest BCUT2D eigenvalue weighted by molar-refractivity contribution is -0.143. The molecule has 1 amide bonds. The van der Waals surface area contributed by atoms with Gasteiger partial charge in [0.15, 0.2) is 0 Å². The molecule has 0 aliphatic rings. The monoisotopic (exact) mass is 359 g/mol. The molecule has 0 radical (unpaired) electrons. The molecule has 2 aromatic rings. The largest absolute Gasteiger partial charge is 0.497 e. The number of amides is 1. The smallest absolute Gasteiger partial charge is 0.326 e. The van der Waals surface area contributed by atoms with E-state index in [1.807, 2.05) is 0 Å². The minimum absolute atomic E-state index is 0.285. The molecule has 0 aliphatic heterocycles. The van der Waals surface area contributed by atoms with Crippen LogP contribution >= 0.6 is 0 Å². The molecule has 0 saturated heterocycles. The van der Waals surface area contributed by atoms with Crippen LogP contribution in [0.3, 0.4) is 0 Å². The number of rotatable bonds is 7. The van der Waals surface area contributed by atoms with Crippen LogP contribution in [0.1, 0.15) is 13.8 Å². The first-order chi connectivity index (χ1) is 12.3. The van der Waals surface area contributed by atoms with Crippen LogP contribution in [-0.2, 0) is 16.1 Å². The molecule has 0 fully saturated rings. The summed E-state index contributed by atoms with van der Waals surface area (Å²) in [5, 5.41) is 15.7. The Morgan fingerprint density at radius 3 is 2.38 bits per heavy atom. The van der Waals surface area contributed by atoms with Crippen molar-refractivity contribution in [2.45, 2.75) is 26.4 Å². The van der Waals surface area contributed by atoms with Crippen molar-refractivity contribution in [2.24, 2.45) is 5.92 Å². The standard InChI is InChI=1S/C18H21N3O5/c1-11(2)17(18(24)25)19-15(22)10-21-16(23)9-8-14(20-21)12-4-6-13(26-3)7-5-12/h4-9,11,17H,10H2,1-3H3,(H,19,22)(H,24,25)/t17-/m0/s1. The number of carboxylic acid groups (broad SMARTS) is 1. The number of hydrogen-bond acceptors (Lipinski definition) is 5. The first-order valence-electron chi connectivity index (χ1n) is 8.06. The van der Waals surface area contributed by atoms with E-state index in [4.69, 9.17) is 9.84 Å². The van der Waals surface area contributed by atoms with Gasteiger partial charge in [-0.2, -0.15) is 5.10 Å². The molecule has 2 N–H and O–H groups in total. The fraction of sp³-hybridized carbons (Fsp3) is 0.333. The van der Waals surface area contributed by atoms with Crippen LogP contribution in [0.5, 0.6) is 5.75 Å². The highest BCUT2D eigenvalue weighted by Crippen LogP contribution is 2.19. The molecule has 2 rings (SSSR count). The number of carboxylic acids is 1. The lowest BCUT2D eigenvalue weighted by Crippen LogP contribution is -2.46. The molecule has 0 bridgehead atoms. The Morgan fingerprint density at radius 1 is 1.19 bits per heavy atom. The highest BCUT2D eigenvalue weighted by molar-refractivity contribution is 5.83. The molecule has 8 heteroatoms. The van der Waals surface area contributed by atoms with E-state index in [0.29, 0.717) is 11.4 Å². The van der Waals surface area contributed by atoms with Crippen LogP contribution in [-0.4, -0.2) is 39.9 Å². The lowest BCUT2D eigenvalue weighted by atomic mass is 10.1. The fourth-order valence-corrected chi connectivity index (χ4v) is 2.35. The molecule has 1 aromatic heterocycles. The molecular weight excluding hydrogens is 338 g/mol. The molecule has 1 aromatic carbocycles. The van der Waals surface area contributed by atoms with E-state index in [0.717, 1.165) is 10.2 Å². The zero-order valence-electron chi connectivity index (χ0n) is 14.8. The van der Waals surface area contributed by atoms with Crippen molar-refractivity contribution in [3.05, 3.63) is 46.8 Å². The van der Waals surface area contributed by atoms with E-state index in [1.165, 1.54) is 6.07 Å². The van der Waals surface area contributed by atoms with E-state index in [2.05, 4.69) is 10.4 Å². The maximum Gasteiger partial charge on any atom is 0.326 e. The second-order valence-electron chi connectivity index (χ2n) is 6.07. The van der Waals surface area contributed by atoms with Crippen molar-refractivity contribution in [3.63, 3.8) is 0 Å². The molecule has 0 spiro atoms. The van der Waals surface area contributed by atoms with Gasteiger partial charge in [-0.1, -0.05) is 13.8 Å². The summed E-state index contributed by atoms with van der Waals surface area (Å²) in [6.45, 7) is 3.01. The van der Waals surface area contributed by atoms with E-state index in [1.54, 1.807) is 51.3 Å². The molecule has 138 valence electrons. The van der Waals surface area contributed by atoms with Crippen LogP contribution < -0.4 is 15.6 Å². The summed E-state index contributed by atoms with van der Waals surface area (Å²) in [7, 11) is 1.56. The SMILES string of the molecule is COc1ccc(-c2ccc(=O)n(CC(=O)N[C@H](C(=O)O)C(C)C)n2)cc1. The van der Waals surface area contributed by atoms with Crippen molar-refractivity contribution in [2.75, 3.05) is 7.11 Å². The number of aromatic nitrogens is 2. The first-order valence-corrected chi connectivity index (χ1v) is 8.06. The number of nitrogens with zero attached hydrogens (tertiary/aromatic N) is 2. The number of carbonyl (C=O) groups excluding carboxylic acids is 1. The van der Waals surface area contributed by atoms with E-state index >= 15 is 0 Å². The van der Waals surface area contributed by atoms with Crippen LogP contribution in [0.2, 0.25) is 0 Å². The van der Waals surface area contributed by atoms with Crippen molar-refractivity contribution < 1.29 is 19.4 Å². The third kappa shape index (κ3) is 4.69. The summed E-state index contributed by atoms with van der Waals surface area (Å²) >= 11 is 0. The van der Waals surface area contributed by atoms with Gasteiger partial charge in [0.25, 0.3) is 5.56 Å². The van der Waals surface area contributed by atoms with Gasteiger partial charge < -0.3 is 15.2 Å². The zero-order chi connectivity index (χ0) is 19.3. The number of carbonyl (C=O) groups is 2. The van der Waals surface area contributed by atoms with Gasteiger partial charge in [0.05, 0.1) is 12.8 Å². The lowest BCUT2D eigenvalue weighted by Gasteiger charge is -2.18. The van der Waals surface area contributed by atoms with Gasteiger partial charge >= 0.3 is 5.97 Å². The van der Waals surface area contributed by atoms with Crippen LogP contribution in [0, 0.1) is 5.92 Å². The number of hydrogen-bond donors (Lipinski definition) is 2. The Balaban J connectivity index is 2.20. The number of aliphatic carboxylic acids is 1. The van der Waals surface area contributed by atoms with Gasteiger partial charge in [-0.05, 0) is 36.2 Å². The highest BCUT2D eigenvalue weighted by Gasteiger charge is 2.23. The van der Waals surface area contributed by atoms with Gasteiger partial charge in [0.1, 0.15) is 18.3 Å². The second-order valence-corrected chi connectivity index (χ2v) is 6.07. The third-order valence-electron chi connectivity index (χ3n) is 3.79. The van der Waals surface area contributed by atoms with E-state index in [-0.39, 0.29) is 12.5 Å². The summed E-state index contributed by atoms with van der Waals surface area (Å²) in [6, 6.07) is 8.95. The fourth-order valence-electron chi connectivity index (χ4n) is 2.35. The molecule has 26 heavy (non-hydrogen) atoms. The number of ether oxygens (including phenoxy) is 1. The summed E-state index contributed by atoms with van der Waals surface area (Å²) in [5.74, 6) is -1.31. The Hall–Kier alpha value is -3.16. The quantitative estimate of drug-likeness (QED) is 0.767. The number of methoxy groups -OCH3 is 1. The Bertz CT molecular complexity index is 843. The number of nitrogens with one attached hydrogen (secondary N) is 1. The van der Waals surface area contributed by atoms with E-state index in [9.17, 15) is 14.4 Å². The van der Waals surface area contributed by atoms with Crippen molar-refractivity contribution in [1.29, 1.82) is 0 Å². The molecule has 0 unspecified atom stereocenters. The van der Waals surface area contributed by atoms with Crippen LogP contribution in [0.15, 0.2) is 41.2 Å². The van der Waals surface area contributed by atoms with Crippen molar-refractivity contribution >= 4 is 11.9 Å². The third-order valence-corrected chi connectivity index (χ3v) is 3.79. The predicted octanol–water partition coefficient (Wildman–Crippen LogP) is 1.14. The topological polar surface area (TPSA) is 111 Å². The van der Waals surface area contributed by atoms with Gasteiger partial charge in [-0.3, -0.25) is 9.59 Å². The second kappa shape index (κ2) is 8.28. The van der Waals surface area contributed by atoms with Gasteiger partial charge in [-0.25, -0.2) is 9.48 Å². The van der Waals surface area contributed by atoms with Gasteiger partial charge in [-0.15, -0.1) is 0 Å². The van der Waals surface area contributed by atoms with Crippen LogP contribution in [0.4, 0.5) is 0 Å². The molecule has 0 aliphatic carbocycles. The molecule has 1 heterocycles. The number of benzene rings is 1. The summed E-state index contributed by atoms with van der Waals surface area (Å²) in [5.41, 5.74) is 0.818. The highest BCUT2D eigenvalue weighted by atomic mass is 16.5. The normalized spacial score (nSPS) is 11.8. The average molecular weight is 359 g/mol. The first kappa shape index (κ1) is 19.2. The minimum Gasteiger partial charge on any atom is -0.497 e. The van der Waals surface area contributed by atoms with Gasteiger partial charge in [0.2, 0.25) is 5.91 Å². The zero-order valence-corrected chi connectivity index (χ0v) is 14.8. The molecular formula is C18H21N3O5. The van der Waals surface area contributed by atoms with Crippen molar-refractivity contribution in [1.82, 2.24) is 15.1 Å². The maximum atomic E-state index is 12.1.